The third-order valence-corrected chi connectivity index (χ3v) is 8.63. The molecule has 0 aromatic rings. The summed E-state index contributed by atoms with van der Waals surface area (Å²) >= 11 is 0. The number of hydrogen-bond donors (Lipinski definition) is 3. The lowest BCUT2D eigenvalue weighted by Crippen LogP contribution is -2.60. The van der Waals surface area contributed by atoms with Crippen LogP contribution in [0.3, 0.4) is 0 Å². The van der Waals surface area contributed by atoms with Crippen LogP contribution < -0.4 is 16.0 Å². The standard InChI is InChI=1S/C25H34F6N4O6S/c1-23(2,3)18(34-22(39)25(29,30)31)21(38)35-11-13-9-24(27,28)10-15(13)17(35)20(37)33-14(8-16(26)42(4,40)41)7-12-5-6-32-19(12)36/h8,12-15,17-18H,5-7,9-11H2,1-4H3,(H,32,36)(H,33,37)(H,34,39)/b16-8+/t12-,13-,14-,15-,17+,18-/m1/s1. The molecule has 0 aromatic heterocycles. The monoisotopic (exact) mass is 632 g/mol. The molecule has 2 saturated heterocycles. The van der Waals surface area contributed by atoms with Crippen LogP contribution in [0.5, 0.6) is 0 Å². The topological polar surface area (TPSA) is 142 Å². The Morgan fingerprint density at radius 3 is 2.26 bits per heavy atom. The molecule has 238 valence electrons. The minimum absolute atomic E-state index is 0.252. The summed E-state index contributed by atoms with van der Waals surface area (Å²) in [5.74, 6) is -11.0. The third-order valence-electron chi connectivity index (χ3n) is 7.79. The van der Waals surface area contributed by atoms with Crippen molar-refractivity contribution in [1.82, 2.24) is 20.9 Å². The average molecular weight is 633 g/mol. The van der Waals surface area contributed by atoms with Crippen LogP contribution in [-0.2, 0) is 29.0 Å². The molecule has 3 fully saturated rings. The Bertz CT molecular complexity index is 1250. The maximum Gasteiger partial charge on any atom is 0.471 e. The molecule has 1 saturated carbocycles. The number of halogens is 6. The number of nitrogens with zero attached hydrogens (tertiary/aromatic N) is 1. The van der Waals surface area contributed by atoms with E-state index in [1.54, 1.807) is 5.32 Å². The molecule has 6 atom stereocenters. The van der Waals surface area contributed by atoms with E-state index in [1.165, 1.54) is 20.8 Å². The van der Waals surface area contributed by atoms with Gasteiger partial charge in [-0.3, -0.25) is 19.2 Å². The smallest absolute Gasteiger partial charge is 0.356 e. The molecule has 3 rings (SSSR count). The van der Waals surface area contributed by atoms with Gasteiger partial charge in [0.05, 0.1) is 6.04 Å². The number of alkyl halides is 5. The van der Waals surface area contributed by atoms with Gasteiger partial charge in [-0.15, -0.1) is 0 Å². The van der Waals surface area contributed by atoms with Crippen molar-refractivity contribution < 1.29 is 53.9 Å². The van der Waals surface area contributed by atoms with Crippen LogP contribution in [0.2, 0.25) is 0 Å². The predicted molar refractivity (Wildman–Crippen MR) is 136 cm³/mol. The van der Waals surface area contributed by atoms with Crippen molar-refractivity contribution in [1.29, 1.82) is 0 Å². The Morgan fingerprint density at radius 1 is 1.14 bits per heavy atom. The minimum atomic E-state index is -5.33. The Hall–Kier alpha value is -2.85. The summed E-state index contributed by atoms with van der Waals surface area (Å²) in [7, 11) is -4.36. The van der Waals surface area contributed by atoms with Crippen LogP contribution in [0.15, 0.2) is 11.2 Å². The van der Waals surface area contributed by atoms with E-state index in [9.17, 15) is 53.9 Å². The summed E-state index contributed by atoms with van der Waals surface area (Å²) < 4.78 is 106. The summed E-state index contributed by atoms with van der Waals surface area (Å²) in [6.07, 6.45) is -5.67. The molecule has 0 bridgehead atoms. The first-order chi connectivity index (χ1) is 19.0. The molecule has 0 aromatic carbocycles. The number of sulfone groups is 1. The Morgan fingerprint density at radius 2 is 1.76 bits per heavy atom. The molecule has 17 heteroatoms. The Kier molecular flexibility index (Phi) is 9.36. The van der Waals surface area contributed by atoms with E-state index in [4.69, 9.17) is 0 Å². The van der Waals surface area contributed by atoms with Gasteiger partial charge in [-0.25, -0.2) is 17.2 Å². The second-order valence-electron chi connectivity index (χ2n) is 12.3. The van der Waals surface area contributed by atoms with Crippen molar-refractivity contribution in [2.24, 2.45) is 23.2 Å². The molecule has 3 aliphatic rings. The molecule has 4 amide bonds. The highest BCUT2D eigenvalue weighted by Crippen LogP contribution is 2.50. The van der Waals surface area contributed by atoms with E-state index < -0.39 is 111 Å². The van der Waals surface area contributed by atoms with Crippen LogP contribution in [0.25, 0.3) is 0 Å². The lowest BCUT2D eigenvalue weighted by atomic mass is 9.85. The molecular weight excluding hydrogens is 598 g/mol. The van der Waals surface area contributed by atoms with Crippen molar-refractivity contribution in [3.8, 4) is 0 Å². The van der Waals surface area contributed by atoms with Crippen LogP contribution in [0.1, 0.15) is 46.5 Å². The van der Waals surface area contributed by atoms with Crippen molar-refractivity contribution >= 4 is 33.5 Å². The van der Waals surface area contributed by atoms with Crippen LogP contribution in [0.4, 0.5) is 26.3 Å². The minimum Gasteiger partial charge on any atom is -0.356 e. The first-order valence-electron chi connectivity index (χ1n) is 13.2. The van der Waals surface area contributed by atoms with Gasteiger partial charge >= 0.3 is 12.1 Å². The maximum atomic E-state index is 14.5. The molecule has 0 spiro atoms. The highest BCUT2D eigenvalue weighted by molar-refractivity contribution is 7.94. The quantitative estimate of drug-likeness (QED) is 0.349. The van der Waals surface area contributed by atoms with Gasteiger partial charge in [-0.1, -0.05) is 20.8 Å². The number of rotatable bonds is 8. The molecule has 2 aliphatic heterocycles. The summed E-state index contributed by atoms with van der Waals surface area (Å²) in [6, 6.07) is -4.87. The molecule has 10 nitrogen and oxygen atoms in total. The number of amides is 4. The van der Waals surface area contributed by atoms with E-state index in [0.717, 1.165) is 4.90 Å². The fraction of sp³-hybridized carbons (Fsp3) is 0.760. The van der Waals surface area contributed by atoms with Gasteiger partial charge in [0, 0.05) is 38.1 Å². The molecule has 42 heavy (non-hydrogen) atoms. The van der Waals surface area contributed by atoms with E-state index >= 15 is 0 Å². The average Bonchev–Trinajstić information content (AvgIpc) is 3.45. The van der Waals surface area contributed by atoms with E-state index in [1.807, 2.05) is 0 Å². The molecule has 1 aliphatic carbocycles. The zero-order chi connectivity index (χ0) is 32.0. The highest BCUT2D eigenvalue weighted by Gasteiger charge is 2.59. The zero-order valence-electron chi connectivity index (χ0n) is 23.4. The second-order valence-corrected chi connectivity index (χ2v) is 14.2. The number of hydrogen-bond acceptors (Lipinski definition) is 6. The summed E-state index contributed by atoms with van der Waals surface area (Å²) in [6.45, 7) is 3.97. The second kappa shape index (κ2) is 11.7. The molecular formula is C25H34F6N4O6S. The predicted octanol–water partition coefficient (Wildman–Crippen LogP) is 1.82. The van der Waals surface area contributed by atoms with Crippen LogP contribution in [0, 0.1) is 23.2 Å². The number of carbonyl (C=O) groups excluding carboxylic acids is 4. The summed E-state index contributed by atoms with van der Waals surface area (Å²) in [5, 5.41) is 4.95. The third kappa shape index (κ3) is 7.75. The normalized spacial score (nSPS) is 27.7. The van der Waals surface area contributed by atoms with Crippen molar-refractivity contribution in [3.05, 3.63) is 11.2 Å². The van der Waals surface area contributed by atoms with Gasteiger partial charge < -0.3 is 20.9 Å². The van der Waals surface area contributed by atoms with E-state index in [-0.39, 0.29) is 19.4 Å². The van der Waals surface area contributed by atoms with Crippen molar-refractivity contribution in [2.45, 2.75) is 76.7 Å². The Balaban J connectivity index is 1.97. The largest absolute Gasteiger partial charge is 0.471 e. The highest BCUT2D eigenvalue weighted by atomic mass is 32.2. The molecule has 3 N–H and O–H groups in total. The molecule has 0 unspecified atom stereocenters. The first kappa shape index (κ1) is 33.6. The molecule has 0 radical (unpaired) electrons. The lowest BCUT2D eigenvalue weighted by molar-refractivity contribution is -0.176. The lowest BCUT2D eigenvalue weighted by Gasteiger charge is -2.37. The number of fused-ring (bicyclic) bond motifs is 1. The van der Waals surface area contributed by atoms with Gasteiger partial charge in [-0.05, 0) is 36.2 Å². The SMILES string of the molecule is CC(C)(C)[C@H](NC(=O)C(F)(F)F)C(=O)N1C[C@H]2CC(F)(F)C[C@H]2[C@H]1C(=O)N[C@@H](/C=C(\F)S(C)(=O)=O)C[C@H]1CCNC1=O. The van der Waals surface area contributed by atoms with Gasteiger partial charge in [0.15, 0.2) is 0 Å². The number of likely N-dealkylation sites (tertiary alicyclic amines) is 1. The van der Waals surface area contributed by atoms with Gasteiger partial charge in [-0.2, -0.15) is 17.6 Å². The number of nitrogens with one attached hydrogen (secondary N) is 3. The van der Waals surface area contributed by atoms with Crippen molar-refractivity contribution in [2.75, 3.05) is 19.3 Å². The Labute approximate surface area is 238 Å². The van der Waals surface area contributed by atoms with Crippen LogP contribution >= 0.6 is 0 Å². The summed E-state index contributed by atoms with van der Waals surface area (Å²) in [5.41, 5.74) is -1.31. The maximum absolute atomic E-state index is 14.5. The molecule has 2 heterocycles. The number of carbonyl (C=O) groups is 4. The van der Waals surface area contributed by atoms with E-state index in [0.29, 0.717) is 12.3 Å². The van der Waals surface area contributed by atoms with Gasteiger partial charge in [0.1, 0.15) is 12.1 Å². The fourth-order valence-corrected chi connectivity index (χ4v) is 6.19. The van der Waals surface area contributed by atoms with Crippen LogP contribution in [-0.4, -0.2) is 86.5 Å². The van der Waals surface area contributed by atoms with E-state index in [2.05, 4.69) is 10.6 Å². The first-order valence-corrected chi connectivity index (χ1v) is 15.1. The van der Waals surface area contributed by atoms with Crippen molar-refractivity contribution in [3.63, 3.8) is 0 Å². The van der Waals surface area contributed by atoms with Gasteiger partial charge in [0.25, 0.3) is 0 Å². The van der Waals surface area contributed by atoms with Gasteiger partial charge in [0.2, 0.25) is 38.6 Å². The summed E-state index contributed by atoms with van der Waals surface area (Å²) in [4.78, 5) is 52.0. The zero-order valence-corrected chi connectivity index (χ0v) is 24.2. The fourth-order valence-electron chi connectivity index (χ4n) is 5.78.